The molecule has 0 fully saturated rings. The van der Waals surface area contributed by atoms with E-state index in [4.69, 9.17) is 4.74 Å². The number of hydrogen-bond donors (Lipinski definition) is 2. The zero-order valence-electron chi connectivity index (χ0n) is 15.6. The SMILES string of the molecule is COc1cccc(Sc2c(C)n(CC(=O)O)c3ccc(NS(C)(=O)=O)cc23)c1. The van der Waals surface area contributed by atoms with Crippen LogP contribution in [0.1, 0.15) is 5.69 Å². The number of rotatable bonds is 7. The zero-order valence-corrected chi connectivity index (χ0v) is 17.2. The Morgan fingerprint density at radius 2 is 2.00 bits per heavy atom. The van der Waals surface area contributed by atoms with Crippen LogP contribution >= 0.6 is 11.8 Å². The van der Waals surface area contributed by atoms with Crippen molar-refractivity contribution in [3.63, 3.8) is 0 Å². The van der Waals surface area contributed by atoms with Gasteiger partial charge < -0.3 is 14.4 Å². The number of nitrogens with zero attached hydrogens (tertiary/aromatic N) is 1. The van der Waals surface area contributed by atoms with Crippen molar-refractivity contribution in [1.29, 1.82) is 0 Å². The molecule has 0 spiro atoms. The van der Waals surface area contributed by atoms with Crippen molar-refractivity contribution in [2.24, 2.45) is 0 Å². The molecule has 0 aliphatic rings. The smallest absolute Gasteiger partial charge is 0.323 e. The highest BCUT2D eigenvalue weighted by Crippen LogP contribution is 2.40. The molecule has 1 heterocycles. The minimum atomic E-state index is -3.42. The van der Waals surface area contributed by atoms with E-state index in [2.05, 4.69) is 4.72 Å². The van der Waals surface area contributed by atoms with Crippen molar-refractivity contribution < 1.29 is 23.1 Å². The molecule has 0 unspecified atom stereocenters. The highest BCUT2D eigenvalue weighted by molar-refractivity contribution is 7.99. The summed E-state index contributed by atoms with van der Waals surface area (Å²) >= 11 is 1.48. The van der Waals surface area contributed by atoms with Gasteiger partial charge in [-0.15, -0.1) is 0 Å². The minimum Gasteiger partial charge on any atom is -0.497 e. The summed E-state index contributed by atoms with van der Waals surface area (Å²) in [6.07, 6.45) is 1.09. The van der Waals surface area contributed by atoms with Crippen molar-refractivity contribution in [2.45, 2.75) is 23.3 Å². The predicted molar refractivity (Wildman–Crippen MR) is 110 cm³/mol. The number of aromatic nitrogens is 1. The highest BCUT2D eigenvalue weighted by Gasteiger charge is 2.18. The number of carboxylic acids is 1. The van der Waals surface area contributed by atoms with Gasteiger partial charge in [-0.25, -0.2) is 8.42 Å². The van der Waals surface area contributed by atoms with Crippen LogP contribution in [0.25, 0.3) is 10.9 Å². The van der Waals surface area contributed by atoms with Gasteiger partial charge in [-0.3, -0.25) is 9.52 Å². The van der Waals surface area contributed by atoms with E-state index < -0.39 is 16.0 Å². The summed E-state index contributed by atoms with van der Waals surface area (Å²) in [6, 6.07) is 12.6. The number of anilines is 1. The number of methoxy groups -OCH3 is 1. The van der Waals surface area contributed by atoms with Gasteiger partial charge in [0.25, 0.3) is 0 Å². The molecule has 0 radical (unpaired) electrons. The number of aliphatic carboxylic acids is 1. The van der Waals surface area contributed by atoms with Crippen LogP contribution in [0, 0.1) is 6.92 Å². The Hall–Kier alpha value is -2.65. The molecule has 0 saturated carbocycles. The van der Waals surface area contributed by atoms with E-state index in [1.165, 1.54) is 11.8 Å². The molecule has 2 aromatic carbocycles. The first-order valence-electron chi connectivity index (χ1n) is 8.32. The van der Waals surface area contributed by atoms with Gasteiger partial charge in [0, 0.05) is 26.6 Å². The summed E-state index contributed by atoms with van der Waals surface area (Å²) in [5.41, 5.74) is 1.95. The van der Waals surface area contributed by atoms with E-state index in [1.807, 2.05) is 31.2 Å². The van der Waals surface area contributed by atoms with E-state index >= 15 is 0 Å². The number of sulfonamides is 1. The number of carbonyl (C=O) groups is 1. The lowest BCUT2D eigenvalue weighted by atomic mass is 10.2. The van der Waals surface area contributed by atoms with Crippen molar-refractivity contribution in [1.82, 2.24) is 4.57 Å². The van der Waals surface area contributed by atoms with Crippen molar-refractivity contribution in [3.8, 4) is 5.75 Å². The third-order valence-electron chi connectivity index (χ3n) is 4.12. The first-order valence-corrected chi connectivity index (χ1v) is 11.0. The zero-order chi connectivity index (χ0) is 20.5. The first kappa shape index (κ1) is 20.1. The lowest BCUT2D eigenvalue weighted by Crippen LogP contribution is -2.10. The number of hydrogen-bond acceptors (Lipinski definition) is 5. The number of benzene rings is 2. The van der Waals surface area contributed by atoms with Gasteiger partial charge in [0.1, 0.15) is 12.3 Å². The fourth-order valence-corrected chi connectivity index (χ4v) is 4.62. The molecule has 0 bridgehead atoms. The first-order chi connectivity index (χ1) is 13.2. The van der Waals surface area contributed by atoms with Crippen LogP contribution in [0.3, 0.4) is 0 Å². The van der Waals surface area contributed by atoms with Gasteiger partial charge in [-0.05, 0) is 43.3 Å². The van der Waals surface area contributed by atoms with E-state index in [9.17, 15) is 18.3 Å². The summed E-state index contributed by atoms with van der Waals surface area (Å²) in [7, 11) is -1.83. The molecule has 3 rings (SSSR count). The van der Waals surface area contributed by atoms with Gasteiger partial charge in [0.15, 0.2) is 0 Å². The molecule has 0 aliphatic heterocycles. The lowest BCUT2D eigenvalue weighted by molar-refractivity contribution is -0.137. The van der Waals surface area contributed by atoms with E-state index in [0.717, 1.165) is 38.4 Å². The third kappa shape index (κ3) is 4.42. The molecule has 9 heteroatoms. The van der Waals surface area contributed by atoms with Gasteiger partial charge in [0.2, 0.25) is 10.0 Å². The quantitative estimate of drug-likeness (QED) is 0.606. The number of ether oxygens (including phenoxy) is 1. The number of carboxylic acid groups (broad SMARTS) is 1. The third-order valence-corrected chi connectivity index (χ3v) is 5.94. The lowest BCUT2D eigenvalue weighted by Gasteiger charge is -2.06. The van der Waals surface area contributed by atoms with Crippen LogP contribution < -0.4 is 9.46 Å². The summed E-state index contributed by atoms with van der Waals surface area (Å²) in [6.45, 7) is 1.68. The number of fused-ring (bicyclic) bond motifs is 1. The molecule has 0 aliphatic carbocycles. The summed E-state index contributed by atoms with van der Waals surface area (Å²) < 4.78 is 32.6. The number of nitrogens with one attached hydrogen (secondary N) is 1. The Labute approximate surface area is 167 Å². The molecule has 3 aromatic rings. The topological polar surface area (TPSA) is 97.6 Å². The van der Waals surface area contributed by atoms with Crippen LogP contribution in [-0.2, 0) is 21.4 Å². The Morgan fingerprint density at radius 1 is 1.25 bits per heavy atom. The van der Waals surface area contributed by atoms with Crippen molar-refractivity contribution in [2.75, 3.05) is 18.1 Å². The molecular formula is C19H20N2O5S2. The fraction of sp³-hybridized carbons (Fsp3) is 0.211. The highest BCUT2D eigenvalue weighted by atomic mass is 32.2. The fourth-order valence-electron chi connectivity index (χ4n) is 2.98. The molecule has 7 nitrogen and oxygen atoms in total. The second kappa shape index (κ2) is 7.76. The average Bonchev–Trinajstić information content (AvgIpc) is 2.85. The van der Waals surface area contributed by atoms with Gasteiger partial charge in [-0.1, -0.05) is 17.8 Å². The molecule has 1 aromatic heterocycles. The maximum absolute atomic E-state index is 11.6. The Morgan fingerprint density at radius 3 is 2.64 bits per heavy atom. The van der Waals surface area contributed by atoms with Crippen molar-refractivity contribution >= 4 is 44.3 Å². The Balaban J connectivity index is 2.15. The minimum absolute atomic E-state index is 0.181. The standard InChI is InChI=1S/C19H20N2O5S2/c1-12-19(27-15-6-4-5-14(10-15)26-2)16-9-13(20-28(3,24)25)7-8-17(16)21(12)11-18(22)23/h4-10,20H,11H2,1-3H3,(H,22,23). The van der Waals surface area contributed by atoms with E-state index in [-0.39, 0.29) is 6.54 Å². The van der Waals surface area contributed by atoms with Crippen LogP contribution in [0.2, 0.25) is 0 Å². The van der Waals surface area contributed by atoms with E-state index in [1.54, 1.807) is 29.9 Å². The van der Waals surface area contributed by atoms with Crippen LogP contribution in [0.4, 0.5) is 5.69 Å². The second-order valence-electron chi connectivity index (χ2n) is 6.28. The molecule has 28 heavy (non-hydrogen) atoms. The van der Waals surface area contributed by atoms with Gasteiger partial charge >= 0.3 is 5.97 Å². The molecule has 0 atom stereocenters. The second-order valence-corrected chi connectivity index (χ2v) is 9.11. The maximum Gasteiger partial charge on any atom is 0.323 e. The molecule has 2 N–H and O–H groups in total. The largest absolute Gasteiger partial charge is 0.497 e. The van der Waals surface area contributed by atoms with Crippen molar-refractivity contribution in [3.05, 3.63) is 48.2 Å². The predicted octanol–water partition coefficient (Wildman–Crippen LogP) is 3.57. The molecule has 148 valence electrons. The van der Waals surface area contributed by atoms with Gasteiger partial charge in [-0.2, -0.15) is 0 Å². The Kier molecular flexibility index (Phi) is 5.57. The Bertz CT molecular complexity index is 1150. The normalized spacial score (nSPS) is 11.5. The van der Waals surface area contributed by atoms with Gasteiger partial charge in [0.05, 0.1) is 18.9 Å². The van der Waals surface area contributed by atoms with Crippen LogP contribution in [0.15, 0.2) is 52.3 Å². The molecule has 0 saturated heterocycles. The molecule has 0 amide bonds. The van der Waals surface area contributed by atoms with Crippen LogP contribution in [-0.4, -0.2) is 37.4 Å². The van der Waals surface area contributed by atoms with E-state index in [0.29, 0.717) is 5.69 Å². The average molecular weight is 421 g/mol. The maximum atomic E-state index is 11.6. The summed E-state index contributed by atoms with van der Waals surface area (Å²) in [5.74, 6) is -0.229. The summed E-state index contributed by atoms with van der Waals surface area (Å²) in [5, 5.41) is 10.1. The van der Waals surface area contributed by atoms with Crippen LogP contribution in [0.5, 0.6) is 5.75 Å². The monoisotopic (exact) mass is 420 g/mol. The summed E-state index contributed by atoms with van der Waals surface area (Å²) in [4.78, 5) is 13.1. The molecular weight excluding hydrogens is 400 g/mol.